The maximum absolute atomic E-state index is 9.26. The monoisotopic (exact) mass is 296 g/mol. The molecule has 2 nitrogen and oxygen atoms in total. The van der Waals surface area contributed by atoms with Crippen molar-refractivity contribution in [3.05, 3.63) is 64.9 Å². The number of hydrogen-bond acceptors (Lipinski definition) is 1. The van der Waals surface area contributed by atoms with Gasteiger partial charge in [0.1, 0.15) is 6.07 Å². The first-order chi connectivity index (χ1) is 8.78. The van der Waals surface area contributed by atoms with Crippen LogP contribution in [0.3, 0.4) is 0 Å². The molecule has 3 aromatic rings. The number of hydrogen-bond donors (Lipinski definition) is 0. The second-order valence-corrected chi connectivity index (χ2v) is 4.98. The van der Waals surface area contributed by atoms with E-state index in [2.05, 4.69) is 22.0 Å². The Morgan fingerprint density at radius 1 is 1.11 bits per heavy atom. The molecule has 0 bridgehead atoms. The van der Waals surface area contributed by atoms with E-state index in [0.717, 1.165) is 21.1 Å². The molecule has 3 heteroatoms. The Bertz CT molecular complexity index is 748. The molecule has 0 saturated heterocycles. The molecule has 3 rings (SSSR count). The van der Waals surface area contributed by atoms with Crippen LogP contribution in [-0.4, -0.2) is 4.40 Å². The zero-order chi connectivity index (χ0) is 12.5. The molecular formula is C15H9BrN2. The Kier molecular flexibility index (Phi) is 2.66. The first-order valence-corrected chi connectivity index (χ1v) is 6.34. The van der Waals surface area contributed by atoms with Crippen molar-refractivity contribution < 1.29 is 0 Å². The molecule has 18 heavy (non-hydrogen) atoms. The first kappa shape index (κ1) is 11.1. The molecule has 0 unspecified atom stereocenters. The minimum Gasteiger partial charge on any atom is -0.323 e. The van der Waals surface area contributed by atoms with Gasteiger partial charge in [-0.1, -0.05) is 28.1 Å². The Morgan fingerprint density at radius 2 is 1.89 bits per heavy atom. The summed E-state index contributed by atoms with van der Waals surface area (Å²) in [7, 11) is 0. The molecule has 0 aliphatic carbocycles. The minimum atomic E-state index is 0.682. The van der Waals surface area contributed by atoms with Gasteiger partial charge in [-0.25, -0.2) is 0 Å². The van der Waals surface area contributed by atoms with Crippen LogP contribution < -0.4 is 0 Å². The lowest BCUT2D eigenvalue weighted by Crippen LogP contribution is -1.90. The Labute approximate surface area is 113 Å². The van der Waals surface area contributed by atoms with E-state index in [1.807, 2.05) is 59.3 Å². The van der Waals surface area contributed by atoms with Crippen LogP contribution in [0.15, 0.2) is 59.3 Å². The van der Waals surface area contributed by atoms with E-state index in [1.54, 1.807) is 0 Å². The van der Waals surface area contributed by atoms with Crippen LogP contribution in [-0.2, 0) is 0 Å². The zero-order valence-corrected chi connectivity index (χ0v) is 11.1. The number of benzene rings is 1. The number of aromatic nitrogens is 1. The summed E-state index contributed by atoms with van der Waals surface area (Å²) in [5, 5.41) is 9.26. The standard InChI is InChI=1S/C15H9BrN2/c16-13-5-3-11(4-6-13)15-8-14-2-1-7-18(14)10-12(15)9-17/h1-8,10H. The lowest BCUT2D eigenvalue weighted by molar-refractivity contribution is 1.19. The fourth-order valence-electron chi connectivity index (χ4n) is 2.04. The highest BCUT2D eigenvalue weighted by molar-refractivity contribution is 9.10. The molecular weight excluding hydrogens is 288 g/mol. The summed E-state index contributed by atoms with van der Waals surface area (Å²) in [6.07, 6.45) is 3.81. The molecule has 0 aliphatic heterocycles. The summed E-state index contributed by atoms with van der Waals surface area (Å²) >= 11 is 3.42. The van der Waals surface area contributed by atoms with Crippen molar-refractivity contribution in [2.45, 2.75) is 0 Å². The molecule has 0 saturated carbocycles. The highest BCUT2D eigenvalue weighted by Crippen LogP contribution is 2.26. The first-order valence-electron chi connectivity index (χ1n) is 5.55. The second kappa shape index (κ2) is 4.32. The summed E-state index contributed by atoms with van der Waals surface area (Å²) in [6, 6.07) is 16.3. The van der Waals surface area contributed by atoms with E-state index in [1.165, 1.54) is 0 Å². The maximum atomic E-state index is 9.26. The molecule has 0 aliphatic rings. The van der Waals surface area contributed by atoms with Crippen molar-refractivity contribution in [3.8, 4) is 17.2 Å². The summed E-state index contributed by atoms with van der Waals surface area (Å²) in [5.41, 5.74) is 3.79. The fourth-order valence-corrected chi connectivity index (χ4v) is 2.30. The number of rotatable bonds is 1. The van der Waals surface area contributed by atoms with Crippen molar-refractivity contribution in [2.75, 3.05) is 0 Å². The number of halogens is 1. The van der Waals surface area contributed by atoms with E-state index >= 15 is 0 Å². The van der Waals surface area contributed by atoms with Gasteiger partial charge < -0.3 is 4.40 Å². The van der Waals surface area contributed by atoms with Gasteiger partial charge in [0.15, 0.2) is 0 Å². The molecule has 0 fully saturated rings. The average molecular weight is 297 g/mol. The molecule has 86 valence electrons. The van der Waals surface area contributed by atoms with Crippen molar-refractivity contribution in [1.29, 1.82) is 5.26 Å². The molecule has 0 N–H and O–H groups in total. The third kappa shape index (κ3) is 1.81. The van der Waals surface area contributed by atoms with E-state index in [-0.39, 0.29) is 0 Å². The highest BCUT2D eigenvalue weighted by Gasteiger charge is 2.07. The molecule has 0 spiro atoms. The number of fused-ring (bicyclic) bond motifs is 1. The molecule has 2 heterocycles. The van der Waals surface area contributed by atoms with Crippen LogP contribution in [0.2, 0.25) is 0 Å². The molecule has 1 aromatic carbocycles. The van der Waals surface area contributed by atoms with Gasteiger partial charge in [0, 0.05) is 27.9 Å². The van der Waals surface area contributed by atoms with Crippen molar-refractivity contribution in [1.82, 2.24) is 4.40 Å². The van der Waals surface area contributed by atoms with Crippen molar-refractivity contribution in [3.63, 3.8) is 0 Å². The second-order valence-electron chi connectivity index (χ2n) is 4.06. The predicted molar refractivity (Wildman–Crippen MR) is 75.2 cm³/mol. The molecule has 0 radical (unpaired) electrons. The summed E-state index contributed by atoms with van der Waals surface area (Å²) < 4.78 is 2.99. The van der Waals surface area contributed by atoms with Crippen LogP contribution in [0.5, 0.6) is 0 Å². The van der Waals surface area contributed by atoms with E-state index in [4.69, 9.17) is 0 Å². The van der Waals surface area contributed by atoms with Crippen molar-refractivity contribution >= 4 is 21.4 Å². The fraction of sp³-hybridized carbons (Fsp3) is 0. The van der Waals surface area contributed by atoms with E-state index < -0.39 is 0 Å². The minimum absolute atomic E-state index is 0.682. The molecule has 0 amide bonds. The maximum Gasteiger partial charge on any atom is 0.101 e. The Hall–Kier alpha value is -2.05. The largest absolute Gasteiger partial charge is 0.323 e. The number of nitriles is 1. The van der Waals surface area contributed by atoms with Crippen molar-refractivity contribution in [2.24, 2.45) is 0 Å². The van der Waals surface area contributed by atoms with E-state index in [0.29, 0.717) is 5.56 Å². The number of nitrogens with zero attached hydrogens (tertiary/aromatic N) is 2. The van der Waals surface area contributed by atoms with Crippen LogP contribution in [0.25, 0.3) is 16.6 Å². The Morgan fingerprint density at radius 3 is 2.61 bits per heavy atom. The highest BCUT2D eigenvalue weighted by atomic mass is 79.9. The van der Waals surface area contributed by atoms with Gasteiger partial charge in [0.2, 0.25) is 0 Å². The third-order valence-corrected chi connectivity index (χ3v) is 3.47. The third-order valence-electron chi connectivity index (χ3n) is 2.94. The van der Waals surface area contributed by atoms with Gasteiger partial charge >= 0.3 is 0 Å². The molecule has 2 aromatic heterocycles. The lowest BCUT2D eigenvalue weighted by atomic mass is 10.0. The quantitative estimate of drug-likeness (QED) is 0.660. The van der Waals surface area contributed by atoms with Crippen LogP contribution >= 0.6 is 15.9 Å². The summed E-state index contributed by atoms with van der Waals surface area (Å²) in [4.78, 5) is 0. The lowest BCUT2D eigenvalue weighted by Gasteiger charge is -2.06. The predicted octanol–water partition coefficient (Wildman–Crippen LogP) is 4.24. The van der Waals surface area contributed by atoms with E-state index in [9.17, 15) is 5.26 Å². The topological polar surface area (TPSA) is 28.2 Å². The Balaban J connectivity index is 2.26. The van der Waals surface area contributed by atoms with Crippen LogP contribution in [0.1, 0.15) is 5.56 Å². The normalized spacial score (nSPS) is 10.4. The smallest absolute Gasteiger partial charge is 0.101 e. The summed E-state index contributed by atoms with van der Waals surface area (Å²) in [6.45, 7) is 0. The summed E-state index contributed by atoms with van der Waals surface area (Å²) in [5.74, 6) is 0. The van der Waals surface area contributed by atoms with Gasteiger partial charge in [0.25, 0.3) is 0 Å². The van der Waals surface area contributed by atoms with Gasteiger partial charge in [0.05, 0.1) is 5.56 Å². The van der Waals surface area contributed by atoms with Crippen LogP contribution in [0, 0.1) is 11.3 Å². The van der Waals surface area contributed by atoms with Gasteiger partial charge in [-0.05, 0) is 35.9 Å². The SMILES string of the molecule is N#Cc1cn2cccc2cc1-c1ccc(Br)cc1. The van der Waals surface area contributed by atoms with Gasteiger partial charge in [-0.2, -0.15) is 5.26 Å². The number of pyridine rings is 1. The van der Waals surface area contributed by atoms with Crippen LogP contribution in [0.4, 0.5) is 0 Å². The molecule has 0 atom stereocenters. The zero-order valence-electron chi connectivity index (χ0n) is 9.47. The van der Waals surface area contributed by atoms with Gasteiger partial charge in [-0.15, -0.1) is 0 Å². The average Bonchev–Trinajstić information content (AvgIpc) is 2.85. The van der Waals surface area contributed by atoms with Gasteiger partial charge in [-0.3, -0.25) is 0 Å².